The molecule has 4 aromatic rings. The molecular formula is C24H25N3O3. The molecule has 1 aliphatic rings. The summed E-state index contributed by atoms with van der Waals surface area (Å²) in [5, 5.41) is 13.4. The quantitative estimate of drug-likeness (QED) is 0.505. The van der Waals surface area contributed by atoms with Crippen LogP contribution in [0.4, 0.5) is 5.82 Å². The Morgan fingerprint density at radius 3 is 2.40 bits per heavy atom. The summed E-state index contributed by atoms with van der Waals surface area (Å²) >= 11 is 0. The first-order chi connectivity index (χ1) is 14.8. The average molecular weight is 403 g/mol. The highest BCUT2D eigenvalue weighted by molar-refractivity contribution is 6.05. The lowest BCUT2D eigenvalue weighted by atomic mass is 9.98. The predicted molar refractivity (Wildman–Crippen MR) is 118 cm³/mol. The van der Waals surface area contributed by atoms with Crippen molar-refractivity contribution in [3.63, 3.8) is 0 Å². The number of hydrogen-bond donors (Lipinski definition) is 2. The van der Waals surface area contributed by atoms with Gasteiger partial charge >= 0.3 is 0 Å². The number of anilines is 1. The van der Waals surface area contributed by atoms with Crippen LogP contribution in [0.25, 0.3) is 33.6 Å². The zero-order valence-corrected chi connectivity index (χ0v) is 17.0. The van der Waals surface area contributed by atoms with Gasteiger partial charge in [-0.2, -0.15) is 0 Å². The number of fused-ring (bicyclic) bond motifs is 1. The highest BCUT2D eigenvalue weighted by atomic mass is 16.5. The van der Waals surface area contributed by atoms with Crippen LogP contribution < -0.4 is 5.32 Å². The Morgan fingerprint density at radius 2 is 1.73 bits per heavy atom. The molecule has 0 atom stereocenters. The first-order valence-corrected chi connectivity index (χ1v) is 10.1. The number of aliphatic hydroxyl groups is 1. The second-order valence-electron chi connectivity index (χ2n) is 7.00. The van der Waals surface area contributed by atoms with Crippen LogP contribution in [0.5, 0.6) is 0 Å². The molecule has 0 spiro atoms. The fraction of sp³-hybridized carbons (Fsp3) is 0.250. The molecule has 6 heteroatoms. The second kappa shape index (κ2) is 9.52. The predicted octanol–water partition coefficient (Wildman–Crippen LogP) is 4.89. The highest BCUT2D eigenvalue weighted by Crippen LogP contribution is 2.42. The first kappa shape index (κ1) is 20.1. The van der Waals surface area contributed by atoms with Crippen LogP contribution >= 0.6 is 0 Å². The first-order valence-electron chi connectivity index (χ1n) is 10.1. The van der Waals surface area contributed by atoms with Crippen LogP contribution in [0.3, 0.4) is 0 Å². The molecule has 154 valence electrons. The summed E-state index contributed by atoms with van der Waals surface area (Å²) in [5.41, 5.74) is 4.22. The van der Waals surface area contributed by atoms with E-state index < -0.39 is 0 Å². The maximum Gasteiger partial charge on any atom is 0.232 e. The van der Waals surface area contributed by atoms with Crippen LogP contribution in [0.15, 0.2) is 65.3 Å². The van der Waals surface area contributed by atoms with Crippen molar-refractivity contribution in [2.45, 2.75) is 19.4 Å². The number of benzene rings is 2. The summed E-state index contributed by atoms with van der Waals surface area (Å²) in [5.74, 6) is 1.44. The van der Waals surface area contributed by atoms with Gasteiger partial charge in [0.2, 0.25) is 5.71 Å². The number of ether oxygens (including phenoxy) is 1. The minimum atomic E-state index is -0.0175. The van der Waals surface area contributed by atoms with E-state index in [1.807, 2.05) is 61.6 Å². The number of nitrogens with one attached hydrogen (secondary N) is 1. The third-order valence-electron chi connectivity index (χ3n) is 4.99. The van der Waals surface area contributed by atoms with Crippen LogP contribution in [0, 0.1) is 0 Å². The molecule has 0 saturated carbocycles. The molecule has 1 aliphatic heterocycles. The van der Waals surface area contributed by atoms with Crippen LogP contribution in [0.2, 0.25) is 0 Å². The van der Waals surface area contributed by atoms with E-state index in [1.54, 1.807) is 0 Å². The summed E-state index contributed by atoms with van der Waals surface area (Å²) in [4.78, 5) is 8.63. The number of hydrogen-bond acceptors (Lipinski definition) is 6. The van der Waals surface area contributed by atoms with Gasteiger partial charge in [-0.1, -0.05) is 48.5 Å². The van der Waals surface area contributed by atoms with E-state index in [1.165, 1.54) is 19.2 Å². The minimum Gasteiger partial charge on any atom is -0.437 e. The molecule has 1 fully saturated rings. The normalized spacial score (nSPS) is 13.1. The third kappa shape index (κ3) is 4.20. The van der Waals surface area contributed by atoms with Gasteiger partial charge in [0.15, 0.2) is 0 Å². The maximum atomic E-state index is 9.45. The smallest absolute Gasteiger partial charge is 0.232 e. The second-order valence-corrected chi connectivity index (χ2v) is 7.00. The molecule has 30 heavy (non-hydrogen) atoms. The fourth-order valence-corrected chi connectivity index (χ4v) is 3.53. The third-order valence-corrected chi connectivity index (χ3v) is 4.99. The maximum absolute atomic E-state index is 9.45. The average Bonchev–Trinajstić information content (AvgIpc) is 3.51. The lowest BCUT2D eigenvalue weighted by Gasteiger charge is -2.06. The molecule has 6 nitrogen and oxygen atoms in total. The molecule has 1 saturated heterocycles. The zero-order chi connectivity index (χ0) is 20.8. The summed E-state index contributed by atoms with van der Waals surface area (Å²) in [7, 11) is 1.83. The summed E-state index contributed by atoms with van der Waals surface area (Å²) in [6, 6.07) is 17.7. The number of aliphatic hydroxyl groups excluding tert-OH is 1. The van der Waals surface area contributed by atoms with Crippen molar-refractivity contribution in [2.24, 2.45) is 0 Å². The molecule has 3 heterocycles. The number of nitrogens with zero attached hydrogens (tertiary/aromatic N) is 2. The molecule has 2 aromatic carbocycles. The Balaban J connectivity index is 0.000000383. The van der Waals surface area contributed by atoms with E-state index in [0.717, 1.165) is 46.7 Å². The van der Waals surface area contributed by atoms with E-state index in [2.05, 4.69) is 15.3 Å². The van der Waals surface area contributed by atoms with Crippen LogP contribution in [-0.2, 0) is 11.3 Å². The van der Waals surface area contributed by atoms with Gasteiger partial charge in [-0.05, 0) is 30.0 Å². The zero-order valence-electron chi connectivity index (χ0n) is 17.0. The number of furan rings is 1. The Morgan fingerprint density at radius 1 is 0.967 bits per heavy atom. The molecule has 2 N–H and O–H groups in total. The van der Waals surface area contributed by atoms with Crippen molar-refractivity contribution in [2.75, 3.05) is 25.6 Å². The Bertz CT molecular complexity index is 1100. The van der Waals surface area contributed by atoms with E-state index in [9.17, 15) is 5.11 Å². The topological polar surface area (TPSA) is 80.4 Å². The lowest BCUT2D eigenvalue weighted by Crippen LogP contribution is -1.94. The van der Waals surface area contributed by atoms with E-state index >= 15 is 0 Å². The highest BCUT2D eigenvalue weighted by Gasteiger charge is 2.21. The minimum absolute atomic E-state index is 0.0175. The van der Waals surface area contributed by atoms with Gasteiger partial charge in [-0.3, -0.25) is 0 Å². The van der Waals surface area contributed by atoms with E-state index in [4.69, 9.17) is 9.15 Å². The molecule has 0 amide bonds. The molecule has 2 aromatic heterocycles. The summed E-state index contributed by atoms with van der Waals surface area (Å²) in [6.07, 6.45) is 4.04. The van der Waals surface area contributed by atoms with Crippen LogP contribution in [-0.4, -0.2) is 35.3 Å². The van der Waals surface area contributed by atoms with Crippen LogP contribution in [0.1, 0.15) is 18.4 Å². The largest absolute Gasteiger partial charge is 0.437 e. The van der Waals surface area contributed by atoms with Gasteiger partial charge in [0.05, 0.1) is 12.0 Å². The van der Waals surface area contributed by atoms with Gasteiger partial charge in [-0.15, -0.1) is 0 Å². The monoisotopic (exact) mass is 403 g/mol. The van der Waals surface area contributed by atoms with Gasteiger partial charge in [-0.25, -0.2) is 9.97 Å². The number of rotatable bonds is 4. The molecule has 0 unspecified atom stereocenters. The van der Waals surface area contributed by atoms with E-state index in [0.29, 0.717) is 11.5 Å². The van der Waals surface area contributed by atoms with Crippen molar-refractivity contribution in [1.82, 2.24) is 9.97 Å². The van der Waals surface area contributed by atoms with Crippen molar-refractivity contribution in [3.05, 3.63) is 66.5 Å². The molecular weight excluding hydrogens is 378 g/mol. The lowest BCUT2D eigenvalue weighted by molar-refractivity contribution is 0.198. The Labute approximate surface area is 175 Å². The van der Waals surface area contributed by atoms with Gasteiger partial charge in [0.25, 0.3) is 0 Å². The molecule has 0 aliphatic carbocycles. The summed E-state index contributed by atoms with van der Waals surface area (Å²) < 4.78 is 11.1. The van der Waals surface area contributed by atoms with Gasteiger partial charge in [0, 0.05) is 31.4 Å². The molecule has 5 rings (SSSR count). The van der Waals surface area contributed by atoms with Gasteiger partial charge < -0.3 is 19.6 Å². The Kier molecular flexibility index (Phi) is 6.37. The Hall–Kier alpha value is -3.22. The standard InChI is InChI=1S/C20H17N3O2.C4H8O/c1-21-19-17-16(14-7-3-2-4-8-14)18(25-20(17)23-12-22-19)15-9-5-6-13(10-15)11-24;1-2-4-5-3-1/h2-10,12,24H,11H2,1H3,(H,21,22,23);1-4H2. The van der Waals surface area contributed by atoms with Gasteiger partial charge in [0.1, 0.15) is 17.9 Å². The molecule has 0 radical (unpaired) electrons. The van der Waals surface area contributed by atoms with Crippen molar-refractivity contribution in [1.29, 1.82) is 0 Å². The number of aromatic nitrogens is 2. The molecule has 0 bridgehead atoms. The van der Waals surface area contributed by atoms with Crippen molar-refractivity contribution < 1.29 is 14.3 Å². The summed E-state index contributed by atoms with van der Waals surface area (Å²) in [6.45, 7) is 1.98. The van der Waals surface area contributed by atoms with Crippen molar-refractivity contribution >= 4 is 16.9 Å². The van der Waals surface area contributed by atoms with E-state index in [-0.39, 0.29) is 6.61 Å². The van der Waals surface area contributed by atoms with Crippen molar-refractivity contribution in [3.8, 4) is 22.5 Å². The SMILES string of the molecule is C1CCOC1.CNc1ncnc2oc(-c3cccc(CO)c3)c(-c3ccccc3)c12. The fourth-order valence-electron chi connectivity index (χ4n) is 3.53.